The molecular formula is C13H23N. The van der Waals surface area contributed by atoms with Gasteiger partial charge in [-0.3, -0.25) is 0 Å². The minimum absolute atomic E-state index is 0.777. The molecule has 80 valence electrons. The summed E-state index contributed by atoms with van der Waals surface area (Å²) in [6.07, 6.45) is 11.9. The van der Waals surface area contributed by atoms with Gasteiger partial charge < -0.3 is 5.32 Å². The molecule has 3 rings (SSSR count). The van der Waals surface area contributed by atoms with E-state index in [9.17, 15) is 0 Å². The van der Waals surface area contributed by atoms with Crippen molar-refractivity contribution < 1.29 is 0 Å². The maximum Gasteiger partial charge on any atom is 0.0126 e. The SMILES string of the molecule is CC1CC(NC2CCCC23CCC3)C1. The van der Waals surface area contributed by atoms with Crippen LogP contribution in [0.1, 0.15) is 58.3 Å². The van der Waals surface area contributed by atoms with Crippen LogP contribution in [0, 0.1) is 11.3 Å². The predicted octanol–water partition coefficient (Wildman–Crippen LogP) is 3.10. The van der Waals surface area contributed by atoms with Crippen molar-refractivity contribution in [1.82, 2.24) is 5.32 Å². The van der Waals surface area contributed by atoms with Crippen LogP contribution in [0.2, 0.25) is 0 Å². The quantitative estimate of drug-likeness (QED) is 0.710. The lowest BCUT2D eigenvalue weighted by molar-refractivity contribution is 0.0780. The van der Waals surface area contributed by atoms with Crippen LogP contribution in [0.3, 0.4) is 0 Å². The van der Waals surface area contributed by atoms with Crippen molar-refractivity contribution in [3.63, 3.8) is 0 Å². The standard InChI is InChI=1S/C13H23N/c1-10-8-11(9-10)14-12-4-2-5-13(12)6-3-7-13/h10-12,14H,2-9H2,1H3. The van der Waals surface area contributed by atoms with E-state index in [2.05, 4.69) is 12.2 Å². The van der Waals surface area contributed by atoms with E-state index in [0.717, 1.165) is 23.4 Å². The highest BCUT2D eigenvalue weighted by atomic mass is 15.0. The number of rotatable bonds is 2. The third-order valence-corrected chi connectivity index (χ3v) is 5.07. The summed E-state index contributed by atoms with van der Waals surface area (Å²) in [5, 5.41) is 3.94. The first-order valence-corrected chi connectivity index (χ1v) is 6.55. The van der Waals surface area contributed by atoms with Crippen LogP contribution in [0.4, 0.5) is 0 Å². The van der Waals surface area contributed by atoms with Crippen LogP contribution in [0.5, 0.6) is 0 Å². The summed E-state index contributed by atoms with van der Waals surface area (Å²) < 4.78 is 0. The van der Waals surface area contributed by atoms with E-state index >= 15 is 0 Å². The van der Waals surface area contributed by atoms with Crippen LogP contribution >= 0.6 is 0 Å². The number of nitrogens with one attached hydrogen (secondary N) is 1. The van der Waals surface area contributed by atoms with Gasteiger partial charge in [0.05, 0.1) is 0 Å². The second-order valence-electron chi connectivity index (χ2n) is 6.10. The van der Waals surface area contributed by atoms with E-state index in [-0.39, 0.29) is 0 Å². The molecule has 0 aromatic rings. The van der Waals surface area contributed by atoms with Crippen LogP contribution in [0.25, 0.3) is 0 Å². The maximum atomic E-state index is 3.94. The van der Waals surface area contributed by atoms with Crippen molar-refractivity contribution in [2.75, 3.05) is 0 Å². The molecule has 1 N–H and O–H groups in total. The fourth-order valence-corrected chi connectivity index (χ4v) is 3.95. The summed E-state index contributed by atoms with van der Waals surface area (Å²) in [6.45, 7) is 2.38. The Kier molecular flexibility index (Phi) is 2.12. The summed E-state index contributed by atoms with van der Waals surface area (Å²) >= 11 is 0. The Labute approximate surface area is 87.7 Å². The van der Waals surface area contributed by atoms with Gasteiger partial charge in [0.15, 0.2) is 0 Å². The van der Waals surface area contributed by atoms with Crippen molar-refractivity contribution in [2.24, 2.45) is 11.3 Å². The molecule has 1 heteroatoms. The first-order valence-electron chi connectivity index (χ1n) is 6.55. The van der Waals surface area contributed by atoms with Crippen molar-refractivity contribution >= 4 is 0 Å². The predicted molar refractivity (Wildman–Crippen MR) is 59.2 cm³/mol. The van der Waals surface area contributed by atoms with E-state index in [0.29, 0.717) is 0 Å². The molecule has 0 heterocycles. The lowest BCUT2D eigenvalue weighted by atomic mass is 9.65. The highest BCUT2D eigenvalue weighted by Crippen LogP contribution is 2.53. The lowest BCUT2D eigenvalue weighted by Crippen LogP contribution is -2.52. The Balaban J connectivity index is 1.56. The highest BCUT2D eigenvalue weighted by Gasteiger charge is 2.47. The Morgan fingerprint density at radius 3 is 2.36 bits per heavy atom. The van der Waals surface area contributed by atoms with Gasteiger partial charge in [-0.15, -0.1) is 0 Å². The van der Waals surface area contributed by atoms with E-state index in [1.54, 1.807) is 0 Å². The van der Waals surface area contributed by atoms with Gasteiger partial charge in [-0.2, -0.15) is 0 Å². The first kappa shape index (κ1) is 9.21. The van der Waals surface area contributed by atoms with Crippen LogP contribution < -0.4 is 5.32 Å². The topological polar surface area (TPSA) is 12.0 Å². The van der Waals surface area contributed by atoms with Crippen LogP contribution in [0.15, 0.2) is 0 Å². The second kappa shape index (κ2) is 3.23. The molecular weight excluding hydrogens is 170 g/mol. The average molecular weight is 193 g/mol. The molecule has 0 aromatic carbocycles. The van der Waals surface area contributed by atoms with Crippen LogP contribution in [-0.4, -0.2) is 12.1 Å². The Bertz CT molecular complexity index is 213. The summed E-state index contributed by atoms with van der Waals surface area (Å²) in [6, 6.07) is 1.78. The molecule has 14 heavy (non-hydrogen) atoms. The molecule has 0 aromatic heterocycles. The molecule has 1 nitrogen and oxygen atoms in total. The molecule has 0 radical (unpaired) electrons. The van der Waals surface area contributed by atoms with Gasteiger partial charge in [0.25, 0.3) is 0 Å². The fraction of sp³-hybridized carbons (Fsp3) is 1.00. The Morgan fingerprint density at radius 2 is 1.79 bits per heavy atom. The molecule has 3 aliphatic rings. The van der Waals surface area contributed by atoms with Crippen LogP contribution in [-0.2, 0) is 0 Å². The second-order valence-corrected chi connectivity index (χ2v) is 6.10. The molecule has 1 spiro atoms. The van der Waals surface area contributed by atoms with Gasteiger partial charge >= 0.3 is 0 Å². The molecule has 0 aliphatic heterocycles. The summed E-state index contributed by atoms with van der Waals surface area (Å²) in [4.78, 5) is 0. The normalized spacial score (nSPS) is 44.8. The monoisotopic (exact) mass is 193 g/mol. The molecule has 0 amide bonds. The first-order chi connectivity index (χ1) is 6.78. The zero-order chi connectivity index (χ0) is 9.60. The molecule has 3 saturated carbocycles. The summed E-state index contributed by atoms with van der Waals surface area (Å²) in [7, 11) is 0. The molecule has 0 saturated heterocycles. The van der Waals surface area contributed by atoms with E-state index in [1.807, 2.05) is 0 Å². The summed E-state index contributed by atoms with van der Waals surface area (Å²) in [5.74, 6) is 0.992. The molecule has 0 bridgehead atoms. The van der Waals surface area contributed by atoms with E-state index in [1.165, 1.54) is 51.4 Å². The highest BCUT2D eigenvalue weighted by molar-refractivity contribution is 5.03. The van der Waals surface area contributed by atoms with Gasteiger partial charge in [0, 0.05) is 12.1 Å². The zero-order valence-corrected chi connectivity index (χ0v) is 9.39. The fourth-order valence-electron chi connectivity index (χ4n) is 3.95. The molecule has 3 fully saturated rings. The van der Waals surface area contributed by atoms with Gasteiger partial charge in [0.1, 0.15) is 0 Å². The molecule has 3 aliphatic carbocycles. The largest absolute Gasteiger partial charge is 0.311 e. The number of hydrogen-bond donors (Lipinski definition) is 1. The third kappa shape index (κ3) is 1.32. The van der Waals surface area contributed by atoms with E-state index in [4.69, 9.17) is 0 Å². The van der Waals surface area contributed by atoms with Gasteiger partial charge in [-0.1, -0.05) is 19.8 Å². The lowest BCUT2D eigenvalue weighted by Gasteiger charge is -2.47. The number of hydrogen-bond acceptors (Lipinski definition) is 1. The Morgan fingerprint density at radius 1 is 1.07 bits per heavy atom. The maximum absolute atomic E-state index is 3.94. The van der Waals surface area contributed by atoms with Gasteiger partial charge in [-0.05, 0) is 49.9 Å². The van der Waals surface area contributed by atoms with E-state index < -0.39 is 0 Å². The smallest absolute Gasteiger partial charge is 0.0126 e. The molecule has 1 atom stereocenters. The minimum Gasteiger partial charge on any atom is -0.311 e. The average Bonchev–Trinajstić information content (AvgIpc) is 2.44. The van der Waals surface area contributed by atoms with Crippen molar-refractivity contribution in [3.8, 4) is 0 Å². The van der Waals surface area contributed by atoms with Crippen molar-refractivity contribution in [1.29, 1.82) is 0 Å². The van der Waals surface area contributed by atoms with Gasteiger partial charge in [0.2, 0.25) is 0 Å². The minimum atomic E-state index is 0.777. The third-order valence-electron chi connectivity index (χ3n) is 5.07. The van der Waals surface area contributed by atoms with Gasteiger partial charge in [-0.25, -0.2) is 0 Å². The molecule has 1 unspecified atom stereocenters. The zero-order valence-electron chi connectivity index (χ0n) is 9.39. The Hall–Kier alpha value is -0.0400. The van der Waals surface area contributed by atoms with Crippen molar-refractivity contribution in [2.45, 2.75) is 70.4 Å². The summed E-state index contributed by atoms with van der Waals surface area (Å²) in [5.41, 5.74) is 0.777. The van der Waals surface area contributed by atoms with Crippen molar-refractivity contribution in [3.05, 3.63) is 0 Å².